The number of aliphatic hydroxyl groups is 1. The number of halogens is 1. The van der Waals surface area contributed by atoms with Crippen LogP contribution in [0.1, 0.15) is 31.2 Å². The van der Waals surface area contributed by atoms with Gasteiger partial charge in [0.15, 0.2) is 0 Å². The first kappa shape index (κ1) is 16.1. The van der Waals surface area contributed by atoms with Crippen LogP contribution >= 0.6 is 15.9 Å². The highest BCUT2D eigenvalue weighted by atomic mass is 79.9. The summed E-state index contributed by atoms with van der Waals surface area (Å²) in [4.78, 5) is 10.4. The monoisotopic (exact) mass is 330 g/mol. The van der Waals surface area contributed by atoms with Crippen molar-refractivity contribution < 1.29 is 10.0 Å². The third-order valence-corrected chi connectivity index (χ3v) is 3.75. The Hall–Kier alpha value is -0.980. The van der Waals surface area contributed by atoms with Gasteiger partial charge in [-0.15, -0.1) is 0 Å². The van der Waals surface area contributed by atoms with Crippen molar-refractivity contribution in [1.82, 2.24) is 5.32 Å². The second kappa shape index (κ2) is 9.01. The van der Waals surface area contributed by atoms with Crippen LogP contribution < -0.4 is 5.32 Å². The number of nitro benzene ring substituents is 1. The number of nitrogens with one attached hydrogen (secondary N) is 1. The number of unbranched alkanes of at least 4 members (excludes halogenated alkanes) is 3. The highest BCUT2D eigenvalue weighted by Crippen LogP contribution is 2.28. The summed E-state index contributed by atoms with van der Waals surface area (Å²) in [6.07, 6.45) is 4.03. The lowest BCUT2D eigenvalue weighted by atomic mass is 10.2. The molecule has 5 nitrogen and oxygen atoms in total. The van der Waals surface area contributed by atoms with E-state index in [0.717, 1.165) is 37.8 Å². The van der Waals surface area contributed by atoms with Gasteiger partial charge in [0.2, 0.25) is 0 Å². The fraction of sp³-hybridized carbons (Fsp3) is 0.538. The Kier molecular flexibility index (Phi) is 7.62. The molecule has 0 saturated heterocycles. The van der Waals surface area contributed by atoms with E-state index in [0.29, 0.717) is 11.0 Å². The molecule has 0 spiro atoms. The fourth-order valence-electron chi connectivity index (χ4n) is 1.78. The predicted octanol–water partition coefficient (Wildman–Crippen LogP) is 3.00. The third kappa shape index (κ3) is 5.67. The molecule has 0 aliphatic heterocycles. The number of rotatable bonds is 9. The Balaban J connectivity index is 2.33. The quantitative estimate of drug-likeness (QED) is 0.414. The van der Waals surface area contributed by atoms with E-state index in [4.69, 9.17) is 5.11 Å². The van der Waals surface area contributed by atoms with Gasteiger partial charge in [-0.25, -0.2) is 0 Å². The molecule has 0 radical (unpaired) electrons. The van der Waals surface area contributed by atoms with Gasteiger partial charge >= 0.3 is 0 Å². The molecule has 0 aliphatic carbocycles. The maximum atomic E-state index is 10.8. The second-order valence-corrected chi connectivity index (χ2v) is 5.11. The molecule has 0 atom stereocenters. The molecule has 6 heteroatoms. The molecule has 106 valence electrons. The maximum absolute atomic E-state index is 10.8. The minimum Gasteiger partial charge on any atom is -0.396 e. The normalized spacial score (nSPS) is 10.6. The number of nitrogens with zero attached hydrogens (tertiary/aromatic N) is 1. The third-order valence-electron chi connectivity index (χ3n) is 2.83. The van der Waals surface area contributed by atoms with Gasteiger partial charge in [0.05, 0.1) is 9.40 Å². The number of hydrogen-bond donors (Lipinski definition) is 2. The highest BCUT2D eigenvalue weighted by molar-refractivity contribution is 9.10. The second-order valence-electron chi connectivity index (χ2n) is 4.32. The summed E-state index contributed by atoms with van der Waals surface area (Å²) in [5, 5.41) is 22.7. The van der Waals surface area contributed by atoms with Crippen LogP contribution in [0.2, 0.25) is 0 Å². The average Bonchev–Trinajstić information content (AvgIpc) is 2.39. The summed E-state index contributed by atoms with van der Waals surface area (Å²) in [5.74, 6) is 0. The molecule has 0 amide bonds. The molecule has 19 heavy (non-hydrogen) atoms. The predicted molar refractivity (Wildman–Crippen MR) is 78.1 cm³/mol. The number of benzene rings is 1. The summed E-state index contributed by atoms with van der Waals surface area (Å²) < 4.78 is 0.549. The lowest BCUT2D eigenvalue weighted by molar-refractivity contribution is -0.385. The van der Waals surface area contributed by atoms with E-state index in [-0.39, 0.29) is 17.2 Å². The first-order valence-corrected chi connectivity index (χ1v) is 7.19. The molecule has 2 N–H and O–H groups in total. The SMILES string of the molecule is O=[N+]([O-])c1cccc(CNCCCCCCO)c1Br. The van der Waals surface area contributed by atoms with E-state index in [1.54, 1.807) is 6.07 Å². The van der Waals surface area contributed by atoms with Gasteiger partial charge in [0, 0.05) is 19.2 Å². The number of nitro groups is 1. The smallest absolute Gasteiger partial charge is 0.283 e. The molecule has 0 aliphatic rings. The van der Waals surface area contributed by atoms with Gasteiger partial charge in [-0.3, -0.25) is 10.1 Å². The Bertz CT molecular complexity index is 413. The van der Waals surface area contributed by atoms with E-state index in [1.807, 2.05) is 6.07 Å². The van der Waals surface area contributed by atoms with E-state index in [1.165, 1.54) is 6.07 Å². The first-order valence-electron chi connectivity index (χ1n) is 6.40. The molecule has 0 aromatic heterocycles. The molecule has 1 aromatic rings. The van der Waals surface area contributed by atoms with Crippen LogP contribution in [0.25, 0.3) is 0 Å². The largest absolute Gasteiger partial charge is 0.396 e. The molecule has 0 fully saturated rings. The minimum absolute atomic E-state index is 0.0993. The van der Waals surface area contributed by atoms with Crippen molar-refractivity contribution in [3.05, 3.63) is 38.3 Å². The molecule has 0 bridgehead atoms. The summed E-state index contributed by atoms with van der Waals surface area (Å²) in [7, 11) is 0. The maximum Gasteiger partial charge on any atom is 0.283 e. The Morgan fingerprint density at radius 3 is 2.68 bits per heavy atom. The van der Waals surface area contributed by atoms with Gasteiger partial charge in [-0.2, -0.15) is 0 Å². The van der Waals surface area contributed by atoms with E-state index >= 15 is 0 Å². The summed E-state index contributed by atoms with van der Waals surface area (Å²) >= 11 is 3.28. The fourth-order valence-corrected chi connectivity index (χ4v) is 2.33. The van der Waals surface area contributed by atoms with Gasteiger partial charge < -0.3 is 10.4 Å². The van der Waals surface area contributed by atoms with Crippen molar-refractivity contribution in [1.29, 1.82) is 0 Å². The standard InChI is InChI=1S/C13H19BrN2O3/c14-13-11(6-5-7-12(13)16(18)19)10-15-8-3-1-2-4-9-17/h5-7,15,17H,1-4,8-10H2. The molecular weight excluding hydrogens is 312 g/mol. The molecule has 1 aromatic carbocycles. The molecular formula is C13H19BrN2O3. The lowest BCUT2D eigenvalue weighted by Crippen LogP contribution is -2.15. The van der Waals surface area contributed by atoms with E-state index in [2.05, 4.69) is 21.2 Å². The zero-order valence-electron chi connectivity index (χ0n) is 10.8. The van der Waals surface area contributed by atoms with Crippen molar-refractivity contribution in [2.45, 2.75) is 32.2 Å². The van der Waals surface area contributed by atoms with Crippen molar-refractivity contribution in [3.63, 3.8) is 0 Å². The van der Waals surface area contributed by atoms with Gasteiger partial charge in [0.1, 0.15) is 0 Å². The summed E-state index contributed by atoms with van der Waals surface area (Å²) in [5.41, 5.74) is 0.992. The minimum atomic E-state index is -0.386. The van der Waals surface area contributed by atoms with Crippen LogP contribution in [0.5, 0.6) is 0 Å². The van der Waals surface area contributed by atoms with Gasteiger partial charge in [0.25, 0.3) is 5.69 Å². The van der Waals surface area contributed by atoms with Crippen molar-refractivity contribution >= 4 is 21.6 Å². The van der Waals surface area contributed by atoms with Crippen LogP contribution in [0, 0.1) is 10.1 Å². The van der Waals surface area contributed by atoms with Crippen LogP contribution in [0.3, 0.4) is 0 Å². The van der Waals surface area contributed by atoms with Gasteiger partial charge in [-0.05, 0) is 40.9 Å². The highest BCUT2D eigenvalue weighted by Gasteiger charge is 2.13. The average molecular weight is 331 g/mol. The molecule has 0 heterocycles. The Labute approximate surface area is 121 Å². The van der Waals surface area contributed by atoms with Crippen LogP contribution in [0.4, 0.5) is 5.69 Å². The molecule has 0 unspecified atom stereocenters. The van der Waals surface area contributed by atoms with E-state index < -0.39 is 0 Å². The topological polar surface area (TPSA) is 75.4 Å². The number of aliphatic hydroxyl groups excluding tert-OH is 1. The van der Waals surface area contributed by atoms with Crippen molar-refractivity contribution in [3.8, 4) is 0 Å². The van der Waals surface area contributed by atoms with Gasteiger partial charge in [-0.1, -0.05) is 25.0 Å². The molecule has 0 saturated carbocycles. The van der Waals surface area contributed by atoms with E-state index in [9.17, 15) is 10.1 Å². The van der Waals surface area contributed by atoms with Crippen LogP contribution in [-0.4, -0.2) is 23.2 Å². The summed E-state index contributed by atoms with van der Waals surface area (Å²) in [6, 6.07) is 5.06. The van der Waals surface area contributed by atoms with Crippen molar-refractivity contribution in [2.75, 3.05) is 13.2 Å². The lowest BCUT2D eigenvalue weighted by Gasteiger charge is -2.07. The Morgan fingerprint density at radius 2 is 2.00 bits per heavy atom. The summed E-state index contributed by atoms with van der Waals surface area (Å²) in [6.45, 7) is 1.75. The number of hydrogen-bond acceptors (Lipinski definition) is 4. The van der Waals surface area contributed by atoms with Crippen LogP contribution in [0.15, 0.2) is 22.7 Å². The first-order chi connectivity index (χ1) is 9.16. The zero-order chi connectivity index (χ0) is 14.1. The van der Waals surface area contributed by atoms with Crippen molar-refractivity contribution in [2.24, 2.45) is 0 Å². The molecule has 1 rings (SSSR count). The van der Waals surface area contributed by atoms with Crippen LogP contribution in [-0.2, 0) is 6.54 Å². The zero-order valence-corrected chi connectivity index (χ0v) is 12.4. The Morgan fingerprint density at radius 1 is 1.26 bits per heavy atom.